The molecule has 3 N–H and O–H groups in total. The van der Waals surface area contributed by atoms with E-state index in [1.54, 1.807) is 24.3 Å². The number of anilines is 1. The second-order valence-electron chi connectivity index (χ2n) is 6.03. The number of hydrogen-bond donors (Lipinski definition) is 3. The zero-order valence-electron chi connectivity index (χ0n) is 13.7. The molecule has 7 heteroatoms. The summed E-state index contributed by atoms with van der Waals surface area (Å²) in [7, 11) is 1.47. The van der Waals surface area contributed by atoms with Gasteiger partial charge in [-0.25, -0.2) is 4.79 Å². The summed E-state index contributed by atoms with van der Waals surface area (Å²) in [5.41, 5.74) is 0.946. The summed E-state index contributed by atoms with van der Waals surface area (Å²) in [6, 6.07) is 5.36. The predicted octanol–water partition coefficient (Wildman–Crippen LogP) is 1.50. The summed E-state index contributed by atoms with van der Waals surface area (Å²) in [6.45, 7) is 2.27. The molecule has 3 atom stereocenters. The highest BCUT2D eigenvalue weighted by Gasteiger charge is 2.39. The maximum Gasteiger partial charge on any atom is 0.326 e. The lowest BCUT2D eigenvalue weighted by Gasteiger charge is -2.14. The standard InChI is InChI=1S/C17H22N2O5/c1-10-9-13(10)16(21)18-12-5-3-11(4-6-12)15(20)19-14(17(22)23)7-8-24-2/h3-6,10,13-14H,7-9H2,1-2H3,(H,18,21)(H,19,20)(H,22,23). The maximum absolute atomic E-state index is 12.1. The third-order valence-electron chi connectivity index (χ3n) is 4.07. The van der Waals surface area contributed by atoms with Crippen LogP contribution in [0.1, 0.15) is 30.1 Å². The van der Waals surface area contributed by atoms with Crippen molar-refractivity contribution in [2.24, 2.45) is 11.8 Å². The predicted molar refractivity (Wildman–Crippen MR) is 87.7 cm³/mol. The Morgan fingerprint density at radius 2 is 1.92 bits per heavy atom. The van der Waals surface area contributed by atoms with Crippen LogP contribution < -0.4 is 10.6 Å². The summed E-state index contributed by atoms with van der Waals surface area (Å²) < 4.78 is 4.84. The quantitative estimate of drug-likeness (QED) is 0.668. The van der Waals surface area contributed by atoms with Crippen molar-refractivity contribution in [2.45, 2.75) is 25.8 Å². The highest BCUT2D eigenvalue weighted by atomic mass is 16.5. The normalized spacial score (nSPS) is 20.1. The molecule has 0 saturated heterocycles. The minimum Gasteiger partial charge on any atom is -0.480 e. The van der Waals surface area contributed by atoms with Crippen molar-refractivity contribution in [1.29, 1.82) is 0 Å². The van der Waals surface area contributed by atoms with E-state index in [1.165, 1.54) is 7.11 Å². The summed E-state index contributed by atoms with van der Waals surface area (Å²) in [5.74, 6) is -1.10. The Morgan fingerprint density at radius 1 is 1.29 bits per heavy atom. The molecule has 0 heterocycles. The molecule has 1 saturated carbocycles. The van der Waals surface area contributed by atoms with Crippen LogP contribution in [0.2, 0.25) is 0 Å². The summed E-state index contributed by atoms with van der Waals surface area (Å²) in [5, 5.41) is 14.4. The van der Waals surface area contributed by atoms with E-state index in [4.69, 9.17) is 9.84 Å². The molecule has 1 aromatic carbocycles. The van der Waals surface area contributed by atoms with Crippen molar-refractivity contribution in [3.8, 4) is 0 Å². The van der Waals surface area contributed by atoms with Crippen molar-refractivity contribution < 1.29 is 24.2 Å². The number of methoxy groups -OCH3 is 1. The highest BCUT2D eigenvalue weighted by Crippen LogP contribution is 2.38. The first-order chi connectivity index (χ1) is 11.4. The van der Waals surface area contributed by atoms with Crippen LogP contribution in [0.5, 0.6) is 0 Å². The van der Waals surface area contributed by atoms with E-state index in [2.05, 4.69) is 10.6 Å². The minimum absolute atomic E-state index is 0.00907. The molecule has 0 aliphatic heterocycles. The fourth-order valence-corrected chi connectivity index (χ4v) is 2.36. The lowest BCUT2D eigenvalue weighted by atomic mass is 10.1. The number of carbonyl (C=O) groups is 3. The van der Waals surface area contributed by atoms with Crippen LogP contribution in [-0.4, -0.2) is 42.6 Å². The fraction of sp³-hybridized carbons (Fsp3) is 0.471. The summed E-state index contributed by atoms with van der Waals surface area (Å²) >= 11 is 0. The molecular weight excluding hydrogens is 312 g/mol. The molecule has 2 amide bonds. The number of nitrogens with one attached hydrogen (secondary N) is 2. The molecule has 24 heavy (non-hydrogen) atoms. The molecule has 3 unspecified atom stereocenters. The highest BCUT2D eigenvalue weighted by molar-refractivity contribution is 5.98. The zero-order valence-corrected chi connectivity index (χ0v) is 13.7. The van der Waals surface area contributed by atoms with Gasteiger partial charge < -0.3 is 20.5 Å². The van der Waals surface area contributed by atoms with E-state index in [0.717, 1.165) is 6.42 Å². The van der Waals surface area contributed by atoms with Gasteiger partial charge in [-0.15, -0.1) is 0 Å². The maximum atomic E-state index is 12.1. The van der Waals surface area contributed by atoms with Crippen LogP contribution in [0.25, 0.3) is 0 Å². The third kappa shape index (κ3) is 4.79. The number of carboxylic acids is 1. The Labute approximate surface area is 140 Å². The van der Waals surface area contributed by atoms with Gasteiger partial charge in [-0.3, -0.25) is 9.59 Å². The number of benzene rings is 1. The molecule has 0 aromatic heterocycles. The molecule has 0 spiro atoms. The van der Waals surface area contributed by atoms with E-state index in [1.807, 2.05) is 6.92 Å². The van der Waals surface area contributed by atoms with Crippen molar-refractivity contribution in [2.75, 3.05) is 19.0 Å². The van der Waals surface area contributed by atoms with Gasteiger partial charge in [-0.2, -0.15) is 0 Å². The Bertz CT molecular complexity index is 614. The molecule has 1 aliphatic carbocycles. The second kappa shape index (κ2) is 7.92. The fourth-order valence-electron chi connectivity index (χ4n) is 2.36. The first-order valence-corrected chi connectivity index (χ1v) is 7.86. The topological polar surface area (TPSA) is 105 Å². The smallest absolute Gasteiger partial charge is 0.326 e. The van der Waals surface area contributed by atoms with Crippen molar-refractivity contribution >= 4 is 23.5 Å². The minimum atomic E-state index is -1.11. The lowest BCUT2D eigenvalue weighted by Crippen LogP contribution is -2.41. The van der Waals surface area contributed by atoms with Crippen LogP contribution in [0.15, 0.2) is 24.3 Å². The van der Waals surface area contributed by atoms with Crippen molar-refractivity contribution in [1.82, 2.24) is 5.32 Å². The Morgan fingerprint density at radius 3 is 2.42 bits per heavy atom. The van der Waals surface area contributed by atoms with Gasteiger partial charge >= 0.3 is 5.97 Å². The molecule has 2 rings (SSSR count). The molecule has 1 fully saturated rings. The molecular formula is C17H22N2O5. The van der Waals surface area contributed by atoms with Crippen molar-refractivity contribution in [3.05, 3.63) is 29.8 Å². The second-order valence-corrected chi connectivity index (χ2v) is 6.03. The largest absolute Gasteiger partial charge is 0.480 e. The summed E-state index contributed by atoms with van der Waals surface area (Å²) in [6.07, 6.45) is 1.09. The molecule has 1 aromatic rings. The van der Waals surface area contributed by atoms with E-state index in [-0.39, 0.29) is 24.9 Å². The van der Waals surface area contributed by atoms with Crippen LogP contribution >= 0.6 is 0 Å². The number of aliphatic carboxylic acids is 1. The zero-order chi connectivity index (χ0) is 17.7. The van der Waals surface area contributed by atoms with E-state index in [9.17, 15) is 14.4 Å². The van der Waals surface area contributed by atoms with Gasteiger partial charge in [-0.05, 0) is 36.6 Å². The van der Waals surface area contributed by atoms with E-state index >= 15 is 0 Å². The van der Waals surface area contributed by atoms with Crippen molar-refractivity contribution in [3.63, 3.8) is 0 Å². The summed E-state index contributed by atoms with van der Waals surface area (Å²) in [4.78, 5) is 35.1. The van der Waals surface area contributed by atoms with Gasteiger partial charge in [0.2, 0.25) is 5.91 Å². The van der Waals surface area contributed by atoms with Crippen LogP contribution in [0.4, 0.5) is 5.69 Å². The van der Waals surface area contributed by atoms with E-state index in [0.29, 0.717) is 17.2 Å². The van der Waals surface area contributed by atoms with Gasteiger partial charge in [0.1, 0.15) is 6.04 Å². The SMILES string of the molecule is COCCC(NC(=O)c1ccc(NC(=O)C2CC2C)cc1)C(=O)O. The Hall–Kier alpha value is -2.41. The van der Waals surface area contributed by atoms with Crippen LogP contribution in [0.3, 0.4) is 0 Å². The third-order valence-corrected chi connectivity index (χ3v) is 4.07. The molecule has 0 radical (unpaired) electrons. The van der Waals surface area contributed by atoms with E-state index < -0.39 is 17.9 Å². The average molecular weight is 334 g/mol. The number of rotatable bonds is 8. The first kappa shape index (κ1) is 17.9. The average Bonchev–Trinajstić information content (AvgIpc) is 3.28. The Balaban J connectivity index is 1.92. The number of carboxylic acid groups (broad SMARTS) is 1. The molecule has 7 nitrogen and oxygen atoms in total. The lowest BCUT2D eigenvalue weighted by molar-refractivity contribution is -0.139. The molecule has 1 aliphatic rings. The van der Waals surface area contributed by atoms with Gasteiger partial charge in [0.25, 0.3) is 5.91 Å². The van der Waals surface area contributed by atoms with Gasteiger partial charge in [0.15, 0.2) is 0 Å². The van der Waals surface area contributed by atoms with Crippen LogP contribution in [0, 0.1) is 11.8 Å². The number of hydrogen-bond acceptors (Lipinski definition) is 4. The first-order valence-electron chi connectivity index (χ1n) is 7.86. The number of ether oxygens (including phenoxy) is 1. The van der Waals surface area contributed by atoms with Crippen LogP contribution in [-0.2, 0) is 14.3 Å². The number of amides is 2. The molecule has 0 bridgehead atoms. The Kier molecular flexibility index (Phi) is 5.92. The van der Waals surface area contributed by atoms with Gasteiger partial charge in [0, 0.05) is 37.3 Å². The molecule has 130 valence electrons. The van der Waals surface area contributed by atoms with Gasteiger partial charge in [-0.1, -0.05) is 6.92 Å². The monoisotopic (exact) mass is 334 g/mol. The van der Waals surface area contributed by atoms with Gasteiger partial charge in [0.05, 0.1) is 0 Å². The number of carbonyl (C=O) groups excluding carboxylic acids is 2.